The van der Waals surface area contributed by atoms with E-state index in [0.29, 0.717) is 11.7 Å². The van der Waals surface area contributed by atoms with Crippen molar-refractivity contribution in [3.63, 3.8) is 0 Å². The molecule has 0 amide bonds. The SMILES string of the molecule is O=[N+]([O-])c1cnc(NCc2nccs2)s1. The molecule has 1 N–H and O–H groups in total. The lowest BCUT2D eigenvalue weighted by Gasteiger charge is -1.96. The summed E-state index contributed by atoms with van der Waals surface area (Å²) < 4.78 is 0. The van der Waals surface area contributed by atoms with Crippen LogP contribution in [0.4, 0.5) is 10.1 Å². The van der Waals surface area contributed by atoms with Gasteiger partial charge in [0.25, 0.3) is 0 Å². The molecular formula is C7H6N4O2S2. The minimum absolute atomic E-state index is 0.0386. The number of anilines is 1. The van der Waals surface area contributed by atoms with E-state index in [1.54, 1.807) is 6.20 Å². The van der Waals surface area contributed by atoms with Crippen molar-refractivity contribution in [1.29, 1.82) is 0 Å². The topological polar surface area (TPSA) is 81.0 Å². The zero-order valence-electron chi connectivity index (χ0n) is 7.41. The third kappa shape index (κ3) is 2.48. The molecule has 2 aromatic heterocycles. The maximum atomic E-state index is 10.4. The van der Waals surface area contributed by atoms with E-state index in [1.165, 1.54) is 17.5 Å². The Balaban J connectivity index is 1.96. The Hall–Kier alpha value is -1.54. The van der Waals surface area contributed by atoms with Crippen molar-refractivity contribution in [1.82, 2.24) is 9.97 Å². The summed E-state index contributed by atoms with van der Waals surface area (Å²) in [5.74, 6) is 0. The van der Waals surface area contributed by atoms with E-state index in [0.717, 1.165) is 16.3 Å². The van der Waals surface area contributed by atoms with E-state index in [9.17, 15) is 10.1 Å². The summed E-state index contributed by atoms with van der Waals surface area (Å²) in [4.78, 5) is 17.9. The van der Waals surface area contributed by atoms with Crippen molar-refractivity contribution in [2.45, 2.75) is 6.54 Å². The fraction of sp³-hybridized carbons (Fsp3) is 0.143. The number of nitrogens with zero attached hydrogens (tertiary/aromatic N) is 3. The first kappa shape index (κ1) is 9.99. The summed E-state index contributed by atoms with van der Waals surface area (Å²) in [5, 5.41) is 16.7. The van der Waals surface area contributed by atoms with Gasteiger partial charge in [0.2, 0.25) is 0 Å². The van der Waals surface area contributed by atoms with Crippen molar-refractivity contribution in [2.75, 3.05) is 5.32 Å². The molecule has 0 aliphatic heterocycles. The monoisotopic (exact) mass is 242 g/mol. The van der Waals surface area contributed by atoms with Gasteiger partial charge in [0.15, 0.2) is 5.13 Å². The molecule has 0 fully saturated rings. The summed E-state index contributed by atoms with van der Waals surface area (Å²) in [6.07, 6.45) is 2.96. The van der Waals surface area contributed by atoms with Crippen LogP contribution in [0.1, 0.15) is 5.01 Å². The Morgan fingerprint density at radius 2 is 2.40 bits per heavy atom. The van der Waals surface area contributed by atoms with E-state index in [2.05, 4.69) is 15.3 Å². The molecule has 0 radical (unpaired) electrons. The maximum absolute atomic E-state index is 10.4. The summed E-state index contributed by atoms with van der Waals surface area (Å²) in [6, 6.07) is 0. The summed E-state index contributed by atoms with van der Waals surface area (Å²) in [7, 11) is 0. The third-order valence-corrected chi connectivity index (χ3v) is 3.23. The summed E-state index contributed by atoms with van der Waals surface area (Å²) in [5.41, 5.74) is 0. The van der Waals surface area contributed by atoms with Gasteiger partial charge >= 0.3 is 5.00 Å². The maximum Gasteiger partial charge on any atom is 0.345 e. The second-order valence-corrected chi connectivity index (χ2v) is 4.53. The van der Waals surface area contributed by atoms with Gasteiger partial charge in [-0.1, -0.05) is 0 Å². The highest BCUT2D eigenvalue weighted by molar-refractivity contribution is 7.18. The summed E-state index contributed by atoms with van der Waals surface area (Å²) in [6.45, 7) is 0.544. The molecule has 78 valence electrons. The Kier molecular flexibility index (Phi) is 2.88. The fourth-order valence-electron chi connectivity index (χ4n) is 0.923. The van der Waals surface area contributed by atoms with E-state index in [1.807, 2.05) is 5.38 Å². The molecule has 0 aliphatic rings. The number of thiazole rings is 2. The molecule has 0 saturated carbocycles. The lowest BCUT2D eigenvalue weighted by atomic mass is 10.7. The quantitative estimate of drug-likeness (QED) is 0.656. The number of aromatic nitrogens is 2. The van der Waals surface area contributed by atoms with E-state index >= 15 is 0 Å². The van der Waals surface area contributed by atoms with Gasteiger partial charge < -0.3 is 5.32 Å². The first-order valence-electron chi connectivity index (χ1n) is 3.98. The average Bonchev–Trinajstić information content (AvgIpc) is 2.86. The predicted octanol–water partition coefficient (Wildman–Crippen LogP) is 2.12. The van der Waals surface area contributed by atoms with Gasteiger partial charge in [-0.05, 0) is 11.3 Å². The normalized spacial score (nSPS) is 10.1. The predicted molar refractivity (Wildman–Crippen MR) is 58.2 cm³/mol. The van der Waals surface area contributed by atoms with Gasteiger partial charge in [-0.2, -0.15) is 0 Å². The molecule has 0 aliphatic carbocycles. The van der Waals surface area contributed by atoms with Gasteiger partial charge in [0, 0.05) is 11.6 Å². The minimum Gasteiger partial charge on any atom is -0.355 e. The van der Waals surface area contributed by atoms with Crippen molar-refractivity contribution < 1.29 is 4.92 Å². The van der Waals surface area contributed by atoms with Crippen LogP contribution >= 0.6 is 22.7 Å². The average molecular weight is 242 g/mol. The van der Waals surface area contributed by atoms with Crippen LogP contribution < -0.4 is 5.32 Å². The molecule has 0 bridgehead atoms. The molecular weight excluding hydrogens is 236 g/mol. The summed E-state index contributed by atoms with van der Waals surface area (Å²) >= 11 is 2.54. The Morgan fingerprint density at radius 1 is 1.53 bits per heavy atom. The molecule has 2 heterocycles. The van der Waals surface area contributed by atoms with Crippen LogP contribution in [0.15, 0.2) is 17.8 Å². The van der Waals surface area contributed by atoms with E-state index in [4.69, 9.17) is 0 Å². The highest BCUT2D eigenvalue weighted by Gasteiger charge is 2.10. The third-order valence-electron chi connectivity index (χ3n) is 1.55. The lowest BCUT2D eigenvalue weighted by Crippen LogP contribution is -1.97. The number of hydrogen-bond donors (Lipinski definition) is 1. The highest BCUT2D eigenvalue weighted by atomic mass is 32.1. The second kappa shape index (κ2) is 4.32. The molecule has 6 nitrogen and oxygen atoms in total. The molecule has 0 spiro atoms. The van der Waals surface area contributed by atoms with Crippen LogP contribution in [-0.2, 0) is 6.54 Å². The first-order chi connectivity index (χ1) is 7.25. The van der Waals surface area contributed by atoms with E-state index < -0.39 is 4.92 Å². The van der Waals surface area contributed by atoms with Crippen molar-refractivity contribution in [2.24, 2.45) is 0 Å². The molecule has 0 saturated heterocycles. The van der Waals surface area contributed by atoms with Crippen molar-refractivity contribution >= 4 is 32.8 Å². The van der Waals surface area contributed by atoms with Gasteiger partial charge in [-0.3, -0.25) is 10.1 Å². The van der Waals surface area contributed by atoms with Crippen LogP contribution in [-0.4, -0.2) is 14.9 Å². The lowest BCUT2D eigenvalue weighted by molar-refractivity contribution is -0.380. The van der Waals surface area contributed by atoms with Crippen LogP contribution in [0.2, 0.25) is 0 Å². The molecule has 0 aromatic carbocycles. The Morgan fingerprint density at radius 3 is 3.00 bits per heavy atom. The number of hydrogen-bond acceptors (Lipinski definition) is 7. The highest BCUT2D eigenvalue weighted by Crippen LogP contribution is 2.25. The van der Waals surface area contributed by atoms with Gasteiger partial charge in [-0.25, -0.2) is 9.97 Å². The minimum atomic E-state index is -0.452. The van der Waals surface area contributed by atoms with Gasteiger partial charge in [0.1, 0.15) is 11.2 Å². The van der Waals surface area contributed by atoms with Crippen LogP contribution in [0.5, 0.6) is 0 Å². The van der Waals surface area contributed by atoms with Gasteiger partial charge in [0.05, 0.1) is 11.5 Å². The largest absolute Gasteiger partial charge is 0.355 e. The molecule has 2 aromatic rings. The van der Waals surface area contributed by atoms with Gasteiger partial charge in [-0.15, -0.1) is 11.3 Å². The van der Waals surface area contributed by atoms with Crippen LogP contribution in [0, 0.1) is 10.1 Å². The smallest absolute Gasteiger partial charge is 0.345 e. The van der Waals surface area contributed by atoms with Crippen molar-refractivity contribution in [3.8, 4) is 0 Å². The second-order valence-electron chi connectivity index (χ2n) is 2.54. The molecule has 0 unspecified atom stereocenters. The molecule has 0 atom stereocenters. The molecule has 8 heteroatoms. The zero-order chi connectivity index (χ0) is 10.7. The Labute approximate surface area is 92.8 Å². The number of nitro groups is 1. The van der Waals surface area contributed by atoms with E-state index in [-0.39, 0.29) is 5.00 Å². The van der Waals surface area contributed by atoms with Crippen LogP contribution in [0.3, 0.4) is 0 Å². The number of nitrogens with one attached hydrogen (secondary N) is 1. The standard InChI is InChI=1S/C7H6N4O2S2/c12-11(13)6-4-10-7(15-6)9-3-5-8-1-2-14-5/h1-2,4H,3H2,(H,9,10). The molecule has 2 rings (SSSR count). The Bertz CT molecular complexity index is 453. The first-order valence-corrected chi connectivity index (χ1v) is 5.68. The zero-order valence-corrected chi connectivity index (χ0v) is 9.05. The van der Waals surface area contributed by atoms with Crippen molar-refractivity contribution in [3.05, 3.63) is 32.9 Å². The fourth-order valence-corrected chi connectivity index (χ4v) is 2.11. The number of rotatable bonds is 4. The van der Waals surface area contributed by atoms with Crippen LogP contribution in [0.25, 0.3) is 0 Å². The molecule has 15 heavy (non-hydrogen) atoms.